The summed E-state index contributed by atoms with van der Waals surface area (Å²) < 4.78 is 26.2. The van der Waals surface area contributed by atoms with Crippen LogP contribution in [0.3, 0.4) is 0 Å². The summed E-state index contributed by atoms with van der Waals surface area (Å²) >= 11 is 0. The molecule has 0 aromatic carbocycles. The molecule has 10 heteroatoms. The van der Waals surface area contributed by atoms with Crippen LogP contribution >= 0.6 is 7.82 Å². The van der Waals surface area contributed by atoms with Gasteiger partial charge in [-0.05, 0) is 50.9 Å². The number of esters is 2. The van der Waals surface area contributed by atoms with Crippen LogP contribution in [0.15, 0.2) is 60.8 Å². The number of hydrogen-bond donors (Lipinski definition) is 3. The largest absolute Gasteiger partial charge is 0.469 e. The molecule has 276 valence electrons. The van der Waals surface area contributed by atoms with E-state index in [-0.39, 0.29) is 25.6 Å². The number of aliphatic hydroxyl groups is 1. The van der Waals surface area contributed by atoms with E-state index < -0.39 is 32.5 Å². The number of carbonyl (C=O) groups excluding carboxylic acids is 2. The Kier molecular flexibility index (Phi) is 30.4. The van der Waals surface area contributed by atoms with E-state index in [1.807, 2.05) is 37.3 Å². The van der Waals surface area contributed by atoms with Crippen LogP contribution in [0, 0.1) is 5.92 Å². The van der Waals surface area contributed by atoms with Gasteiger partial charge >= 0.3 is 19.8 Å². The van der Waals surface area contributed by atoms with Crippen molar-refractivity contribution in [2.75, 3.05) is 13.2 Å². The number of carbonyl (C=O) groups is 2. The third kappa shape index (κ3) is 33.6. The molecule has 0 aromatic heterocycles. The summed E-state index contributed by atoms with van der Waals surface area (Å²) in [5.74, 6) is -0.162. The van der Waals surface area contributed by atoms with Gasteiger partial charge in [0.1, 0.15) is 6.61 Å². The normalized spacial score (nSPS) is 14.5. The van der Waals surface area contributed by atoms with Crippen molar-refractivity contribution < 1.29 is 43.0 Å². The fourth-order valence-corrected chi connectivity index (χ4v) is 4.87. The van der Waals surface area contributed by atoms with Crippen LogP contribution in [0.1, 0.15) is 136 Å². The number of ether oxygens (including phenoxy) is 2. The standard InChI is InChI=1S/C38H65O9P/c1-4-34(3)28-24-20-16-14-15-18-22-26-30-37(40)45-32-36(33-46-48(42,43)44)47-38(41)31-27-23-19-13-11-9-7-6-8-10-12-17-21-25-29-35(39)5-2/h7-10,13,17,19,21,25,29,34-36,39H,4-6,11-12,14-16,18,20,22-24,26-28,30-33H2,1-3H3,(H2,42,43,44)/b9-7-,10-8-,19-13-,21-17-,29-25+/t34?,35-,36-/m1/s1. The average molecular weight is 697 g/mol. The Morgan fingerprint density at radius 2 is 1.25 bits per heavy atom. The van der Waals surface area contributed by atoms with Gasteiger partial charge in [0, 0.05) is 12.8 Å². The summed E-state index contributed by atoms with van der Waals surface area (Å²) in [6.45, 7) is 5.59. The number of allylic oxidation sites excluding steroid dienone is 9. The van der Waals surface area contributed by atoms with Gasteiger partial charge in [0.05, 0.1) is 12.7 Å². The molecule has 9 nitrogen and oxygen atoms in total. The zero-order valence-corrected chi connectivity index (χ0v) is 30.8. The summed E-state index contributed by atoms with van der Waals surface area (Å²) in [6, 6.07) is 0. The Labute approximate surface area is 290 Å². The minimum absolute atomic E-state index is 0.118. The van der Waals surface area contributed by atoms with Gasteiger partial charge < -0.3 is 24.4 Å². The van der Waals surface area contributed by atoms with E-state index in [0.29, 0.717) is 25.7 Å². The number of phosphoric ester groups is 1. The van der Waals surface area contributed by atoms with Crippen LogP contribution in [0.4, 0.5) is 0 Å². The van der Waals surface area contributed by atoms with Crippen molar-refractivity contribution in [3.63, 3.8) is 0 Å². The number of hydrogen-bond acceptors (Lipinski definition) is 7. The van der Waals surface area contributed by atoms with E-state index in [4.69, 9.17) is 19.3 Å². The highest BCUT2D eigenvalue weighted by molar-refractivity contribution is 7.46. The van der Waals surface area contributed by atoms with E-state index in [2.05, 4.69) is 42.7 Å². The first kappa shape index (κ1) is 45.7. The first-order chi connectivity index (χ1) is 23.1. The van der Waals surface area contributed by atoms with E-state index in [1.165, 1.54) is 38.5 Å². The molecule has 0 bridgehead atoms. The fraction of sp³-hybridized carbons (Fsp3) is 0.684. The summed E-state index contributed by atoms with van der Waals surface area (Å²) in [4.78, 5) is 42.6. The van der Waals surface area contributed by atoms with Gasteiger partial charge in [-0.25, -0.2) is 4.57 Å². The lowest BCUT2D eigenvalue weighted by atomic mass is 9.99. The molecule has 0 aromatic rings. The molecule has 3 N–H and O–H groups in total. The molecular weight excluding hydrogens is 631 g/mol. The molecule has 0 aliphatic heterocycles. The highest BCUT2D eigenvalue weighted by Crippen LogP contribution is 2.36. The monoisotopic (exact) mass is 696 g/mol. The van der Waals surface area contributed by atoms with Crippen molar-refractivity contribution in [1.82, 2.24) is 0 Å². The van der Waals surface area contributed by atoms with Crippen molar-refractivity contribution in [2.24, 2.45) is 5.92 Å². The highest BCUT2D eigenvalue weighted by Gasteiger charge is 2.22. The molecular formula is C38H65O9P. The van der Waals surface area contributed by atoms with Crippen molar-refractivity contribution in [2.45, 2.75) is 149 Å². The van der Waals surface area contributed by atoms with E-state index in [1.54, 1.807) is 6.08 Å². The third-order valence-electron chi connectivity index (χ3n) is 7.75. The Morgan fingerprint density at radius 3 is 1.85 bits per heavy atom. The third-order valence-corrected chi connectivity index (χ3v) is 8.23. The SMILES string of the molecule is CCC(C)CCCCCCCCCCC(=O)OC[C@H](COP(=O)(O)O)OC(=O)CCC/C=C\C/C=C\C/C=C\C/C=C\C=C\[C@H](O)CC. The zero-order chi connectivity index (χ0) is 35.7. The van der Waals surface area contributed by atoms with Gasteiger partial charge in [-0.1, -0.05) is 139 Å². The zero-order valence-electron chi connectivity index (χ0n) is 29.9. The summed E-state index contributed by atoms with van der Waals surface area (Å²) in [5.41, 5.74) is 0. The van der Waals surface area contributed by atoms with Gasteiger partial charge in [-0.15, -0.1) is 0 Å². The minimum Gasteiger partial charge on any atom is -0.462 e. The second kappa shape index (κ2) is 31.9. The Morgan fingerprint density at radius 1 is 0.688 bits per heavy atom. The lowest BCUT2D eigenvalue weighted by Crippen LogP contribution is -2.29. The molecule has 0 saturated heterocycles. The lowest BCUT2D eigenvalue weighted by Gasteiger charge is -2.18. The maximum atomic E-state index is 12.3. The second-order valence-electron chi connectivity index (χ2n) is 12.3. The fourth-order valence-electron chi connectivity index (χ4n) is 4.51. The molecule has 0 aliphatic rings. The number of unbranched alkanes of at least 4 members (excludes halogenated alkanes) is 8. The second-order valence-corrected chi connectivity index (χ2v) is 13.5. The summed E-state index contributed by atoms with van der Waals surface area (Å²) in [5, 5.41) is 9.44. The first-order valence-corrected chi connectivity index (χ1v) is 19.6. The first-order valence-electron chi connectivity index (χ1n) is 18.1. The maximum absolute atomic E-state index is 12.3. The van der Waals surface area contributed by atoms with Crippen LogP contribution in [-0.2, 0) is 28.2 Å². The van der Waals surface area contributed by atoms with Crippen molar-refractivity contribution in [3.8, 4) is 0 Å². The predicted octanol–water partition coefficient (Wildman–Crippen LogP) is 9.39. The minimum atomic E-state index is -4.77. The average Bonchev–Trinajstić information content (AvgIpc) is 3.05. The van der Waals surface area contributed by atoms with E-state index in [9.17, 15) is 19.3 Å². The molecule has 48 heavy (non-hydrogen) atoms. The van der Waals surface area contributed by atoms with Crippen LogP contribution in [0.5, 0.6) is 0 Å². The highest BCUT2D eigenvalue weighted by atomic mass is 31.2. The Balaban J connectivity index is 4.15. The van der Waals surface area contributed by atoms with Gasteiger partial charge in [-0.2, -0.15) is 0 Å². The lowest BCUT2D eigenvalue weighted by molar-refractivity contribution is -0.161. The molecule has 0 fully saturated rings. The quantitative estimate of drug-likeness (QED) is 0.0213. The van der Waals surface area contributed by atoms with Crippen LogP contribution in [-0.4, -0.2) is 52.3 Å². The predicted molar refractivity (Wildman–Crippen MR) is 194 cm³/mol. The van der Waals surface area contributed by atoms with E-state index >= 15 is 0 Å². The molecule has 0 heterocycles. The summed E-state index contributed by atoms with van der Waals surface area (Å²) in [7, 11) is -4.77. The van der Waals surface area contributed by atoms with Gasteiger partial charge in [0.2, 0.25) is 0 Å². The number of aliphatic hydroxyl groups excluding tert-OH is 1. The van der Waals surface area contributed by atoms with Gasteiger partial charge in [0.25, 0.3) is 0 Å². The molecule has 1 unspecified atom stereocenters. The molecule has 0 spiro atoms. The topological polar surface area (TPSA) is 140 Å². The van der Waals surface area contributed by atoms with Crippen LogP contribution < -0.4 is 0 Å². The van der Waals surface area contributed by atoms with Crippen molar-refractivity contribution >= 4 is 19.8 Å². The van der Waals surface area contributed by atoms with Gasteiger partial charge in [-0.3, -0.25) is 14.1 Å². The molecule has 0 radical (unpaired) electrons. The van der Waals surface area contributed by atoms with Crippen LogP contribution in [0.2, 0.25) is 0 Å². The Bertz CT molecular complexity index is 996. The van der Waals surface area contributed by atoms with Gasteiger partial charge in [0.15, 0.2) is 6.10 Å². The van der Waals surface area contributed by atoms with E-state index in [0.717, 1.165) is 44.4 Å². The number of phosphoric acid groups is 1. The molecule has 0 rings (SSSR count). The molecule has 3 atom stereocenters. The summed E-state index contributed by atoms with van der Waals surface area (Å²) in [6.07, 6.45) is 34.7. The van der Waals surface area contributed by atoms with Crippen LogP contribution in [0.25, 0.3) is 0 Å². The maximum Gasteiger partial charge on any atom is 0.469 e. The van der Waals surface area contributed by atoms with Crippen molar-refractivity contribution in [3.05, 3.63) is 60.8 Å². The molecule has 0 amide bonds. The smallest absolute Gasteiger partial charge is 0.462 e. The van der Waals surface area contributed by atoms with Crippen molar-refractivity contribution in [1.29, 1.82) is 0 Å². The Hall–Kier alpha value is -2.29. The molecule has 0 aliphatic carbocycles. The number of rotatable bonds is 31. The molecule has 0 saturated carbocycles.